The molecule has 0 radical (unpaired) electrons. The van der Waals surface area contributed by atoms with Crippen LogP contribution < -0.4 is 5.32 Å². The first-order valence-electron chi connectivity index (χ1n) is 7.81. The molecule has 0 unspecified atom stereocenters. The van der Waals surface area contributed by atoms with E-state index in [0.717, 1.165) is 18.4 Å². The molecule has 0 fully saturated rings. The number of halogens is 2. The molecule has 0 bridgehead atoms. The van der Waals surface area contributed by atoms with Gasteiger partial charge in [0.25, 0.3) is 5.91 Å². The molecular weight excluding hydrogens is 383 g/mol. The quantitative estimate of drug-likeness (QED) is 0.623. The van der Waals surface area contributed by atoms with Crippen LogP contribution in [0, 0.1) is 6.92 Å². The Bertz CT molecular complexity index is 777. The van der Waals surface area contributed by atoms with Gasteiger partial charge in [-0.1, -0.05) is 29.6 Å². The predicted molar refractivity (Wildman–Crippen MR) is 101 cm³/mol. The number of carbonyl (C=O) groups excluding carboxylic acids is 1. The molecule has 1 aromatic heterocycles. The second kappa shape index (κ2) is 9.17. The monoisotopic (exact) mass is 400 g/mol. The van der Waals surface area contributed by atoms with Gasteiger partial charge in [-0.15, -0.1) is 11.3 Å². The third-order valence-corrected chi connectivity index (χ3v) is 5.25. The molecule has 2 aromatic rings. The van der Waals surface area contributed by atoms with Crippen LogP contribution in [0.15, 0.2) is 18.2 Å². The van der Waals surface area contributed by atoms with Crippen molar-refractivity contribution in [3.63, 3.8) is 0 Å². The van der Waals surface area contributed by atoms with Crippen LogP contribution in [0.2, 0.25) is 10.0 Å². The number of aromatic nitrogens is 1. The van der Waals surface area contributed by atoms with Gasteiger partial charge in [-0.2, -0.15) is 0 Å². The predicted octanol–water partition coefficient (Wildman–Crippen LogP) is 4.80. The molecule has 0 saturated heterocycles. The van der Waals surface area contributed by atoms with E-state index < -0.39 is 5.97 Å². The van der Waals surface area contributed by atoms with Crippen LogP contribution in [0.1, 0.15) is 41.0 Å². The maximum atomic E-state index is 12.3. The average molecular weight is 401 g/mol. The molecule has 134 valence electrons. The van der Waals surface area contributed by atoms with Gasteiger partial charge >= 0.3 is 5.97 Å². The van der Waals surface area contributed by atoms with Gasteiger partial charge < -0.3 is 10.4 Å². The van der Waals surface area contributed by atoms with Crippen molar-refractivity contribution in [3.8, 4) is 10.6 Å². The summed E-state index contributed by atoms with van der Waals surface area (Å²) >= 11 is 13.4. The van der Waals surface area contributed by atoms with E-state index in [-0.39, 0.29) is 12.3 Å². The maximum absolute atomic E-state index is 12.3. The highest BCUT2D eigenvalue weighted by atomic mass is 35.5. The summed E-state index contributed by atoms with van der Waals surface area (Å²) in [5, 5.41) is 13.1. The number of carbonyl (C=O) groups is 2. The Labute approximate surface area is 160 Å². The van der Waals surface area contributed by atoms with Crippen molar-refractivity contribution in [2.75, 3.05) is 6.54 Å². The summed E-state index contributed by atoms with van der Waals surface area (Å²) in [6.45, 7) is 2.29. The lowest BCUT2D eigenvalue weighted by molar-refractivity contribution is -0.137. The third kappa shape index (κ3) is 5.70. The van der Waals surface area contributed by atoms with Crippen molar-refractivity contribution in [2.24, 2.45) is 0 Å². The highest BCUT2D eigenvalue weighted by Gasteiger charge is 2.17. The number of hydrogen-bond acceptors (Lipinski definition) is 4. The molecule has 1 amide bonds. The van der Waals surface area contributed by atoms with Crippen LogP contribution >= 0.6 is 34.5 Å². The smallest absolute Gasteiger partial charge is 0.303 e. The van der Waals surface area contributed by atoms with Gasteiger partial charge in [0.15, 0.2) is 0 Å². The van der Waals surface area contributed by atoms with Crippen molar-refractivity contribution in [2.45, 2.75) is 32.6 Å². The third-order valence-electron chi connectivity index (χ3n) is 3.52. The van der Waals surface area contributed by atoms with E-state index >= 15 is 0 Å². The molecule has 5 nitrogen and oxygen atoms in total. The Morgan fingerprint density at radius 1 is 1.24 bits per heavy atom. The minimum Gasteiger partial charge on any atom is -0.481 e. The fourth-order valence-electron chi connectivity index (χ4n) is 2.25. The van der Waals surface area contributed by atoms with Crippen molar-refractivity contribution >= 4 is 46.4 Å². The van der Waals surface area contributed by atoms with E-state index in [4.69, 9.17) is 28.3 Å². The maximum Gasteiger partial charge on any atom is 0.303 e. The topological polar surface area (TPSA) is 79.3 Å². The summed E-state index contributed by atoms with van der Waals surface area (Å²) in [5.74, 6) is -0.970. The number of rotatable bonds is 8. The number of aliphatic carboxylic acids is 1. The van der Waals surface area contributed by atoms with Gasteiger partial charge in [-0.05, 0) is 38.0 Å². The average Bonchev–Trinajstić information content (AvgIpc) is 2.92. The molecule has 2 N–H and O–H groups in total. The highest BCUT2D eigenvalue weighted by molar-refractivity contribution is 7.17. The summed E-state index contributed by atoms with van der Waals surface area (Å²) in [4.78, 5) is 27.7. The normalized spacial score (nSPS) is 10.7. The van der Waals surface area contributed by atoms with Crippen molar-refractivity contribution < 1.29 is 14.7 Å². The number of carboxylic acid groups (broad SMARTS) is 1. The van der Waals surface area contributed by atoms with Gasteiger partial charge in [-0.3, -0.25) is 9.59 Å². The largest absolute Gasteiger partial charge is 0.481 e. The SMILES string of the molecule is Cc1nc(-c2ccc(Cl)cc2Cl)sc1C(=O)NCCCCCC(=O)O. The van der Waals surface area contributed by atoms with Crippen LogP contribution in [0.3, 0.4) is 0 Å². The first-order chi connectivity index (χ1) is 11.9. The summed E-state index contributed by atoms with van der Waals surface area (Å²) in [7, 11) is 0. The van der Waals surface area contributed by atoms with Gasteiger partial charge in [0.1, 0.15) is 9.88 Å². The van der Waals surface area contributed by atoms with Crippen molar-refractivity contribution in [1.82, 2.24) is 10.3 Å². The molecular formula is C17H18Cl2N2O3S. The van der Waals surface area contributed by atoms with E-state index in [1.807, 2.05) is 0 Å². The van der Waals surface area contributed by atoms with Crippen LogP contribution in [0.25, 0.3) is 10.6 Å². The van der Waals surface area contributed by atoms with Crippen LogP contribution in [0.5, 0.6) is 0 Å². The number of unbranched alkanes of at least 4 members (excludes halogenated alkanes) is 2. The zero-order chi connectivity index (χ0) is 18.4. The molecule has 25 heavy (non-hydrogen) atoms. The lowest BCUT2D eigenvalue weighted by Crippen LogP contribution is -2.24. The summed E-state index contributed by atoms with van der Waals surface area (Å²) in [6, 6.07) is 5.16. The molecule has 1 heterocycles. The molecule has 0 aliphatic heterocycles. The van der Waals surface area contributed by atoms with Gasteiger partial charge in [-0.25, -0.2) is 4.98 Å². The number of nitrogens with zero attached hydrogens (tertiary/aromatic N) is 1. The number of amides is 1. The van der Waals surface area contributed by atoms with E-state index in [9.17, 15) is 9.59 Å². The molecule has 0 aliphatic rings. The first-order valence-corrected chi connectivity index (χ1v) is 9.38. The van der Waals surface area contributed by atoms with Gasteiger partial charge in [0, 0.05) is 23.6 Å². The van der Waals surface area contributed by atoms with E-state index in [1.54, 1.807) is 25.1 Å². The Hall–Kier alpha value is -1.63. The van der Waals surface area contributed by atoms with Crippen molar-refractivity contribution in [1.29, 1.82) is 0 Å². The van der Waals surface area contributed by atoms with Crippen LogP contribution in [-0.4, -0.2) is 28.5 Å². The zero-order valence-corrected chi connectivity index (χ0v) is 16.0. The molecule has 0 spiro atoms. The standard InChI is InChI=1S/C17H18Cl2N2O3S/c1-10-15(16(24)20-8-4-2-3-5-14(22)23)25-17(21-10)12-7-6-11(18)9-13(12)19/h6-7,9H,2-5,8H2,1H3,(H,20,24)(H,22,23). The Morgan fingerprint density at radius 3 is 2.68 bits per heavy atom. The fraction of sp³-hybridized carbons (Fsp3) is 0.353. The minimum absolute atomic E-state index is 0.160. The number of hydrogen-bond donors (Lipinski definition) is 2. The van der Waals surface area contributed by atoms with E-state index in [2.05, 4.69) is 10.3 Å². The second-order valence-corrected chi connectivity index (χ2v) is 7.36. The van der Waals surface area contributed by atoms with Gasteiger partial charge in [0.2, 0.25) is 0 Å². The lowest BCUT2D eigenvalue weighted by Gasteiger charge is -2.03. The first kappa shape index (κ1) is 19.7. The summed E-state index contributed by atoms with van der Waals surface area (Å²) in [5.41, 5.74) is 1.39. The Morgan fingerprint density at radius 2 is 2.00 bits per heavy atom. The fourth-order valence-corrected chi connectivity index (χ4v) is 3.82. The van der Waals surface area contributed by atoms with Crippen molar-refractivity contribution in [3.05, 3.63) is 38.8 Å². The molecule has 1 aromatic carbocycles. The zero-order valence-electron chi connectivity index (χ0n) is 13.6. The lowest BCUT2D eigenvalue weighted by atomic mass is 10.2. The minimum atomic E-state index is -0.794. The summed E-state index contributed by atoms with van der Waals surface area (Å²) in [6.07, 6.45) is 2.28. The summed E-state index contributed by atoms with van der Waals surface area (Å²) < 4.78 is 0. The van der Waals surface area contributed by atoms with E-state index in [0.29, 0.717) is 38.6 Å². The molecule has 2 rings (SSSR count). The number of benzene rings is 1. The highest BCUT2D eigenvalue weighted by Crippen LogP contribution is 2.34. The molecule has 0 atom stereocenters. The number of carboxylic acids is 1. The second-order valence-electron chi connectivity index (χ2n) is 5.52. The number of thiazole rings is 1. The van der Waals surface area contributed by atoms with Crippen LogP contribution in [0.4, 0.5) is 0 Å². The van der Waals surface area contributed by atoms with E-state index in [1.165, 1.54) is 11.3 Å². The number of nitrogens with one attached hydrogen (secondary N) is 1. The molecule has 0 aliphatic carbocycles. The van der Waals surface area contributed by atoms with Crippen LogP contribution in [-0.2, 0) is 4.79 Å². The number of aryl methyl sites for hydroxylation is 1. The molecule has 0 saturated carbocycles. The van der Waals surface area contributed by atoms with Gasteiger partial charge in [0.05, 0.1) is 10.7 Å². The Kier molecular flexibility index (Phi) is 7.23. The Balaban J connectivity index is 1.95. The molecule has 8 heteroatoms.